The Hall–Kier alpha value is -0.984. The Morgan fingerprint density at radius 1 is 1.11 bits per heavy atom. The van der Waals surface area contributed by atoms with E-state index in [0.717, 1.165) is 5.56 Å². The summed E-state index contributed by atoms with van der Waals surface area (Å²) in [5.41, 5.74) is 6.20. The molecule has 0 aliphatic carbocycles. The Morgan fingerprint density at radius 3 is 2.11 bits per heavy atom. The van der Waals surface area contributed by atoms with Gasteiger partial charge in [-0.2, -0.15) is 0 Å². The average Bonchev–Trinajstić information content (AvgIpc) is 2.29. The number of hydrogen-bond acceptors (Lipinski definition) is 3. The molecule has 0 aromatic heterocycles. The molecule has 0 saturated carbocycles. The van der Waals surface area contributed by atoms with Crippen molar-refractivity contribution in [1.82, 2.24) is 0 Å². The molecule has 1 aromatic carbocycles. The van der Waals surface area contributed by atoms with Crippen LogP contribution in [0.15, 0.2) is 30.3 Å². The summed E-state index contributed by atoms with van der Waals surface area (Å²) in [5.74, 6) is -2.97. The monoisotopic (exact) mass is 448 g/mol. The van der Waals surface area contributed by atoms with Gasteiger partial charge in [-0.15, -0.1) is 0 Å². The van der Waals surface area contributed by atoms with Gasteiger partial charge in [0, 0.05) is 0 Å². The summed E-state index contributed by atoms with van der Waals surface area (Å²) in [6.07, 6.45) is 0.219. The molecule has 0 fully saturated rings. The molecule has 5 nitrogen and oxygen atoms in total. The summed E-state index contributed by atoms with van der Waals surface area (Å²) in [4.78, 5) is 21.6. The molecule has 0 amide bonds. The Bertz CT molecular complexity index is 396. The van der Waals surface area contributed by atoms with Crippen LogP contribution < -0.4 is 5.73 Å². The first-order chi connectivity index (χ1) is 8.00. The van der Waals surface area contributed by atoms with Crippen LogP contribution in [0.1, 0.15) is 12.0 Å². The van der Waals surface area contributed by atoms with Crippen LogP contribution >= 0.6 is 0 Å². The van der Waals surface area contributed by atoms with E-state index >= 15 is 0 Å². The number of aliphatic carboxylic acids is 2. The second-order valence-electron chi connectivity index (χ2n) is 3.91. The van der Waals surface area contributed by atoms with Crippen molar-refractivity contribution in [3.63, 3.8) is 0 Å². The molecule has 1 aromatic rings. The quantitative estimate of drug-likeness (QED) is 0.561. The Labute approximate surface area is 124 Å². The van der Waals surface area contributed by atoms with Gasteiger partial charge in [-0.3, -0.25) is 9.59 Å². The summed E-state index contributed by atoms with van der Waals surface area (Å²) >= 11 is 0. The van der Waals surface area contributed by atoms with E-state index in [-0.39, 0.29) is 39.4 Å². The fraction of sp³-hybridized carbons (Fsp3) is 0.333. The molecule has 2 atom stereocenters. The van der Waals surface area contributed by atoms with Crippen LogP contribution in [0, 0.1) is 5.92 Å². The third-order valence-electron chi connectivity index (χ3n) is 2.53. The number of benzene rings is 1. The summed E-state index contributed by atoms with van der Waals surface area (Å²) < 4.78 is 0. The van der Waals surface area contributed by atoms with Gasteiger partial charge in [0.1, 0.15) is 6.04 Å². The third kappa shape index (κ3) is 5.57. The first-order valence-electron chi connectivity index (χ1n) is 5.26. The molecule has 0 bridgehead atoms. The second-order valence-corrected chi connectivity index (χ2v) is 3.91. The predicted molar refractivity (Wildman–Crippen MR) is 70.0 cm³/mol. The molecule has 18 heavy (non-hydrogen) atoms. The van der Waals surface area contributed by atoms with Crippen molar-refractivity contribution < 1.29 is 19.8 Å². The normalized spacial score (nSPS) is 13.2. The van der Waals surface area contributed by atoms with Gasteiger partial charge in [-0.25, -0.2) is 0 Å². The Morgan fingerprint density at radius 2 is 1.67 bits per heavy atom. The average molecular weight is 448 g/mol. The van der Waals surface area contributed by atoms with Crippen LogP contribution in [0.2, 0.25) is 0 Å². The topological polar surface area (TPSA) is 101 Å². The standard InChI is InChI=1S/C12H15NO4.Po.2H/c13-10(12(16)17)7-9(11(14)15)6-8-4-2-1-3-5-8;;;/h1-5,9-10H,6-7,13H2,(H,14,15)(H,16,17);;;/t9?,10-;;;/m1.../s1. The summed E-state index contributed by atoms with van der Waals surface area (Å²) in [5, 5.41) is 17.7. The van der Waals surface area contributed by atoms with Gasteiger partial charge in [0.2, 0.25) is 0 Å². The molecule has 0 aliphatic rings. The number of carboxylic acid groups (broad SMARTS) is 2. The molecular formula is C12H17NO4Po. The molecule has 100 valence electrons. The van der Waals surface area contributed by atoms with E-state index in [0.29, 0.717) is 0 Å². The minimum atomic E-state index is -1.18. The Balaban J connectivity index is 0.00000289. The molecule has 6 heteroatoms. The number of carboxylic acids is 2. The zero-order valence-electron chi connectivity index (χ0n) is 9.74. The fourth-order valence-electron chi connectivity index (χ4n) is 1.58. The van der Waals surface area contributed by atoms with Gasteiger partial charge < -0.3 is 15.9 Å². The van der Waals surface area contributed by atoms with Crippen molar-refractivity contribution in [2.45, 2.75) is 18.9 Å². The van der Waals surface area contributed by atoms with Gasteiger partial charge in [0.05, 0.1) is 5.92 Å². The number of nitrogens with two attached hydrogens (primary N) is 1. The second kappa shape index (κ2) is 8.18. The van der Waals surface area contributed by atoms with Crippen LogP contribution in [0.4, 0.5) is 0 Å². The van der Waals surface area contributed by atoms with E-state index in [1.165, 1.54) is 0 Å². The van der Waals surface area contributed by atoms with E-state index in [1.807, 2.05) is 30.3 Å². The van der Waals surface area contributed by atoms with E-state index < -0.39 is 23.9 Å². The molecule has 1 unspecified atom stereocenters. The van der Waals surface area contributed by atoms with E-state index in [4.69, 9.17) is 15.9 Å². The number of hydrogen-bond donors (Lipinski definition) is 3. The molecule has 0 radical (unpaired) electrons. The van der Waals surface area contributed by atoms with Crippen LogP contribution in [0.3, 0.4) is 0 Å². The van der Waals surface area contributed by atoms with Crippen molar-refractivity contribution in [3.8, 4) is 0 Å². The minimum absolute atomic E-state index is 0. The molecule has 0 saturated heterocycles. The van der Waals surface area contributed by atoms with Crippen LogP contribution in [-0.2, 0) is 16.0 Å². The fourth-order valence-corrected chi connectivity index (χ4v) is 1.58. The van der Waals surface area contributed by atoms with Crippen molar-refractivity contribution in [2.75, 3.05) is 0 Å². The SMILES string of the molecule is N[C@H](CC(Cc1ccccc1)C(=O)O)C(=O)O.[PoH2]. The van der Waals surface area contributed by atoms with Gasteiger partial charge in [0.25, 0.3) is 0 Å². The van der Waals surface area contributed by atoms with Gasteiger partial charge in [-0.05, 0) is 18.4 Å². The summed E-state index contributed by atoms with van der Waals surface area (Å²) in [6.45, 7) is 0. The maximum absolute atomic E-state index is 11.0. The van der Waals surface area contributed by atoms with Crippen LogP contribution in [0.25, 0.3) is 0 Å². The van der Waals surface area contributed by atoms with Crippen molar-refractivity contribution in [3.05, 3.63) is 35.9 Å². The van der Waals surface area contributed by atoms with Crippen LogP contribution in [-0.4, -0.2) is 54.8 Å². The van der Waals surface area contributed by atoms with Gasteiger partial charge >= 0.3 is 38.5 Å². The molecule has 0 aliphatic heterocycles. The van der Waals surface area contributed by atoms with Crippen LogP contribution in [0.5, 0.6) is 0 Å². The summed E-state index contributed by atoms with van der Waals surface area (Å²) in [7, 11) is 0. The van der Waals surface area contributed by atoms with E-state index in [2.05, 4.69) is 0 Å². The van der Waals surface area contributed by atoms with Gasteiger partial charge in [-0.1, -0.05) is 30.3 Å². The molecule has 4 N–H and O–H groups in total. The first kappa shape index (κ1) is 17.0. The number of carbonyl (C=O) groups is 2. The zero-order chi connectivity index (χ0) is 12.8. The Kier molecular flexibility index (Phi) is 7.73. The van der Waals surface area contributed by atoms with E-state index in [1.54, 1.807) is 0 Å². The molecule has 0 heterocycles. The molecule has 1 rings (SSSR count). The van der Waals surface area contributed by atoms with E-state index in [9.17, 15) is 9.59 Å². The summed E-state index contributed by atoms with van der Waals surface area (Å²) in [6, 6.07) is 7.93. The molecular weight excluding hydrogens is 431 g/mol. The van der Waals surface area contributed by atoms with Crippen molar-refractivity contribution in [1.29, 1.82) is 0 Å². The van der Waals surface area contributed by atoms with Crippen molar-refractivity contribution >= 4 is 38.5 Å². The predicted octanol–water partition coefficient (Wildman–Crippen LogP) is -0.184. The maximum atomic E-state index is 11.0. The zero-order valence-corrected chi connectivity index (χ0v) is 13.6. The third-order valence-corrected chi connectivity index (χ3v) is 2.53. The first-order valence-corrected chi connectivity index (χ1v) is 5.26. The number of rotatable bonds is 6. The molecule has 0 spiro atoms. The van der Waals surface area contributed by atoms with Crippen molar-refractivity contribution in [2.24, 2.45) is 11.7 Å². The van der Waals surface area contributed by atoms with Gasteiger partial charge in [0.15, 0.2) is 0 Å².